The number of guanidine groups is 1. The molecule has 1 aromatic heterocycles. The zero-order chi connectivity index (χ0) is 19.7. The number of halogens is 1. The SMILES string of the molecule is CCNC(=NCC1(CCOCC)CCCC1)N1CCN(Cc2ccon2)CC1.I. The topological polar surface area (TPSA) is 66.1 Å². The van der Waals surface area contributed by atoms with Crippen molar-refractivity contribution in [2.45, 2.75) is 52.5 Å². The first-order valence-electron chi connectivity index (χ1n) is 11.0. The molecule has 0 atom stereocenters. The van der Waals surface area contributed by atoms with Crippen LogP contribution >= 0.6 is 24.0 Å². The molecule has 166 valence electrons. The van der Waals surface area contributed by atoms with E-state index in [1.807, 2.05) is 6.07 Å². The molecule has 1 aliphatic heterocycles. The van der Waals surface area contributed by atoms with E-state index in [-0.39, 0.29) is 24.0 Å². The van der Waals surface area contributed by atoms with E-state index in [0.29, 0.717) is 5.41 Å². The lowest BCUT2D eigenvalue weighted by molar-refractivity contribution is 0.106. The van der Waals surface area contributed by atoms with Gasteiger partial charge in [-0.05, 0) is 38.5 Å². The van der Waals surface area contributed by atoms with Crippen molar-refractivity contribution < 1.29 is 9.26 Å². The number of aromatic nitrogens is 1. The van der Waals surface area contributed by atoms with Gasteiger partial charge in [0, 0.05) is 65.1 Å². The summed E-state index contributed by atoms with van der Waals surface area (Å²) < 4.78 is 10.6. The van der Waals surface area contributed by atoms with E-state index in [0.717, 1.165) is 77.1 Å². The first-order chi connectivity index (χ1) is 13.7. The molecular weight excluding hydrogens is 481 g/mol. The standard InChI is InChI=1S/C21H37N5O2.HI/c1-3-22-20(23-18-21(8-5-6-9-21)10-16-27-4-2)26-13-11-25(12-14-26)17-19-7-15-28-24-19;/h7,15H,3-6,8-14,16-18H2,1-2H3,(H,22,23);1H. The van der Waals surface area contributed by atoms with Gasteiger partial charge in [0.2, 0.25) is 0 Å². The molecule has 1 aromatic rings. The summed E-state index contributed by atoms with van der Waals surface area (Å²) in [5, 5.41) is 7.55. The molecule has 2 heterocycles. The molecule has 0 unspecified atom stereocenters. The summed E-state index contributed by atoms with van der Waals surface area (Å²) in [6.07, 6.45) is 8.02. The van der Waals surface area contributed by atoms with Crippen LogP contribution in [-0.4, -0.2) is 73.4 Å². The lowest BCUT2D eigenvalue weighted by Crippen LogP contribution is -2.52. The largest absolute Gasteiger partial charge is 0.382 e. The minimum absolute atomic E-state index is 0. The lowest BCUT2D eigenvalue weighted by Gasteiger charge is -2.36. The Morgan fingerprint density at radius 2 is 2.00 bits per heavy atom. The van der Waals surface area contributed by atoms with Crippen molar-refractivity contribution in [3.8, 4) is 0 Å². The van der Waals surface area contributed by atoms with E-state index in [2.05, 4.69) is 34.1 Å². The van der Waals surface area contributed by atoms with Crippen molar-refractivity contribution in [2.75, 3.05) is 52.5 Å². The number of hydrogen-bond donors (Lipinski definition) is 1. The molecule has 29 heavy (non-hydrogen) atoms. The highest BCUT2D eigenvalue weighted by Gasteiger charge is 2.33. The third kappa shape index (κ3) is 7.40. The highest BCUT2D eigenvalue weighted by atomic mass is 127. The van der Waals surface area contributed by atoms with E-state index < -0.39 is 0 Å². The number of ether oxygens (including phenoxy) is 1. The number of hydrogen-bond acceptors (Lipinski definition) is 5. The highest BCUT2D eigenvalue weighted by Crippen LogP contribution is 2.41. The Labute approximate surface area is 192 Å². The second-order valence-corrected chi connectivity index (χ2v) is 8.08. The summed E-state index contributed by atoms with van der Waals surface area (Å²) in [6, 6.07) is 1.95. The smallest absolute Gasteiger partial charge is 0.194 e. The van der Waals surface area contributed by atoms with E-state index in [9.17, 15) is 0 Å². The van der Waals surface area contributed by atoms with Crippen LogP contribution in [0.25, 0.3) is 0 Å². The monoisotopic (exact) mass is 519 g/mol. The molecule has 2 aliphatic rings. The normalized spacial score (nSPS) is 19.9. The van der Waals surface area contributed by atoms with Crippen LogP contribution in [0.4, 0.5) is 0 Å². The van der Waals surface area contributed by atoms with Crippen molar-refractivity contribution in [1.82, 2.24) is 20.3 Å². The highest BCUT2D eigenvalue weighted by molar-refractivity contribution is 14.0. The van der Waals surface area contributed by atoms with Crippen molar-refractivity contribution in [2.24, 2.45) is 10.4 Å². The van der Waals surface area contributed by atoms with Crippen LogP contribution in [0.1, 0.15) is 51.6 Å². The van der Waals surface area contributed by atoms with Crippen molar-refractivity contribution in [3.63, 3.8) is 0 Å². The van der Waals surface area contributed by atoms with Gasteiger partial charge < -0.3 is 19.5 Å². The van der Waals surface area contributed by atoms with Gasteiger partial charge in [-0.3, -0.25) is 9.89 Å². The summed E-state index contributed by atoms with van der Waals surface area (Å²) in [5.41, 5.74) is 1.34. The van der Waals surface area contributed by atoms with Gasteiger partial charge in [-0.25, -0.2) is 0 Å². The fraction of sp³-hybridized carbons (Fsp3) is 0.810. The van der Waals surface area contributed by atoms with Gasteiger partial charge in [-0.2, -0.15) is 0 Å². The molecule has 1 aliphatic carbocycles. The zero-order valence-electron chi connectivity index (χ0n) is 18.1. The summed E-state index contributed by atoms with van der Waals surface area (Å²) in [5.74, 6) is 1.08. The van der Waals surface area contributed by atoms with E-state index in [1.54, 1.807) is 6.26 Å². The van der Waals surface area contributed by atoms with Crippen molar-refractivity contribution >= 4 is 29.9 Å². The van der Waals surface area contributed by atoms with Gasteiger partial charge >= 0.3 is 0 Å². The van der Waals surface area contributed by atoms with Crippen LogP contribution in [0.3, 0.4) is 0 Å². The number of piperazine rings is 1. The molecule has 0 radical (unpaired) electrons. The predicted octanol–water partition coefficient (Wildman–Crippen LogP) is 3.36. The number of rotatable bonds is 9. The number of aliphatic imine (C=N–C) groups is 1. The Kier molecular flexibility index (Phi) is 10.7. The second kappa shape index (κ2) is 12.7. The predicted molar refractivity (Wildman–Crippen MR) is 127 cm³/mol. The third-order valence-electron chi connectivity index (χ3n) is 6.09. The van der Waals surface area contributed by atoms with Gasteiger partial charge in [-0.15, -0.1) is 24.0 Å². The molecule has 1 saturated heterocycles. The van der Waals surface area contributed by atoms with E-state index in [4.69, 9.17) is 14.3 Å². The second-order valence-electron chi connectivity index (χ2n) is 8.08. The van der Waals surface area contributed by atoms with Gasteiger partial charge in [0.05, 0.1) is 5.69 Å². The summed E-state index contributed by atoms with van der Waals surface area (Å²) in [7, 11) is 0. The minimum Gasteiger partial charge on any atom is -0.382 e. The molecule has 1 N–H and O–H groups in total. The maximum atomic E-state index is 5.65. The summed E-state index contributed by atoms with van der Waals surface area (Å²) in [6.45, 7) is 12.6. The molecule has 1 saturated carbocycles. The Bertz CT molecular complexity index is 582. The average molecular weight is 519 g/mol. The molecule has 0 bridgehead atoms. The summed E-state index contributed by atoms with van der Waals surface area (Å²) >= 11 is 0. The molecule has 8 heteroatoms. The Morgan fingerprint density at radius 3 is 2.62 bits per heavy atom. The van der Waals surface area contributed by atoms with Crippen LogP contribution in [0, 0.1) is 5.41 Å². The first kappa shape index (κ1) is 24.4. The van der Waals surface area contributed by atoms with Crippen LogP contribution in [-0.2, 0) is 11.3 Å². The molecule has 0 spiro atoms. The molecular formula is C21H38IN5O2. The Morgan fingerprint density at radius 1 is 1.24 bits per heavy atom. The lowest BCUT2D eigenvalue weighted by atomic mass is 9.83. The Hall–Kier alpha value is -0.870. The van der Waals surface area contributed by atoms with Gasteiger partial charge in [0.15, 0.2) is 5.96 Å². The minimum atomic E-state index is 0. The average Bonchev–Trinajstić information content (AvgIpc) is 3.39. The number of nitrogens with zero attached hydrogens (tertiary/aromatic N) is 4. The number of nitrogens with one attached hydrogen (secondary N) is 1. The summed E-state index contributed by atoms with van der Waals surface area (Å²) in [4.78, 5) is 9.94. The maximum absolute atomic E-state index is 5.65. The van der Waals surface area contributed by atoms with E-state index in [1.165, 1.54) is 25.7 Å². The fourth-order valence-electron chi connectivity index (χ4n) is 4.38. The fourth-order valence-corrected chi connectivity index (χ4v) is 4.38. The molecule has 2 fully saturated rings. The molecule has 0 amide bonds. The quantitative estimate of drug-likeness (QED) is 0.234. The van der Waals surface area contributed by atoms with Gasteiger partial charge in [0.1, 0.15) is 6.26 Å². The Balaban J connectivity index is 0.00000300. The van der Waals surface area contributed by atoms with E-state index >= 15 is 0 Å². The van der Waals surface area contributed by atoms with Crippen molar-refractivity contribution in [1.29, 1.82) is 0 Å². The molecule has 3 rings (SSSR count). The van der Waals surface area contributed by atoms with Crippen LogP contribution in [0.5, 0.6) is 0 Å². The first-order valence-corrected chi connectivity index (χ1v) is 11.0. The van der Waals surface area contributed by atoms with Crippen LogP contribution in [0.15, 0.2) is 21.8 Å². The van der Waals surface area contributed by atoms with Crippen LogP contribution in [0.2, 0.25) is 0 Å². The molecule has 7 nitrogen and oxygen atoms in total. The third-order valence-corrected chi connectivity index (χ3v) is 6.09. The van der Waals surface area contributed by atoms with Crippen LogP contribution < -0.4 is 5.32 Å². The zero-order valence-corrected chi connectivity index (χ0v) is 20.4. The molecule has 0 aromatic carbocycles. The van der Waals surface area contributed by atoms with Gasteiger partial charge in [-0.1, -0.05) is 18.0 Å². The van der Waals surface area contributed by atoms with Crippen molar-refractivity contribution in [3.05, 3.63) is 18.0 Å². The maximum Gasteiger partial charge on any atom is 0.194 e. The van der Waals surface area contributed by atoms with Gasteiger partial charge in [0.25, 0.3) is 0 Å².